The molecule has 1 amide bonds. The highest BCUT2D eigenvalue weighted by atomic mass is 19.1. The van der Waals surface area contributed by atoms with E-state index in [9.17, 15) is 13.6 Å². The van der Waals surface area contributed by atoms with Gasteiger partial charge in [-0.1, -0.05) is 42.5 Å². The van der Waals surface area contributed by atoms with Gasteiger partial charge in [0.15, 0.2) is 0 Å². The fourth-order valence-electron chi connectivity index (χ4n) is 4.56. The van der Waals surface area contributed by atoms with E-state index < -0.39 is 0 Å². The maximum absolute atomic E-state index is 14.1. The van der Waals surface area contributed by atoms with E-state index >= 15 is 0 Å². The first-order valence-corrected chi connectivity index (χ1v) is 11.2. The Labute approximate surface area is 191 Å². The lowest BCUT2D eigenvalue weighted by atomic mass is 10.1. The van der Waals surface area contributed by atoms with Crippen LogP contribution in [0.25, 0.3) is 10.9 Å². The molecule has 1 aliphatic heterocycles. The molecular formula is C27H25F2N3O. The topological polar surface area (TPSA) is 28.5 Å². The number of carbonyl (C=O) groups excluding carboxylic acids is 1. The van der Waals surface area contributed by atoms with Gasteiger partial charge in [-0.25, -0.2) is 8.78 Å². The van der Waals surface area contributed by atoms with Crippen molar-refractivity contribution in [1.29, 1.82) is 0 Å². The van der Waals surface area contributed by atoms with E-state index in [0.717, 1.165) is 22.0 Å². The van der Waals surface area contributed by atoms with Gasteiger partial charge in [0.05, 0.1) is 12.1 Å². The monoisotopic (exact) mass is 445 g/mol. The number of piperazine rings is 1. The van der Waals surface area contributed by atoms with Crippen LogP contribution < -0.4 is 4.90 Å². The summed E-state index contributed by atoms with van der Waals surface area (Å²) in [6, 6.07) is 21.3. The highest BCUT2D eigenvalue weighted by Crippen LogP contribution is 2.25. The van der Waals surface area contributed by atoms with E-state index in [2.05, 4.69) is 4.57 Å². The fourth-order valence-corrected chi connectivity index (χ4v) is 4.56. The minimum atomic E-state index is -0.252. The van der Waals surface area contributed by atoms with Gasteiger partial charge in [0.2, 0.25) is 5.91 Å². The van der Waals surface area contributed by atoms with Crippen LogP contribution in [0.4, 0.5) is 14.5 Å². The summed E-state index contributed by atoms with van der Waals surface area (Å²) in [5.41, 5.74) is 3.62. The SMILES string of the molecule is O=C(Cc1cn(Cc2ccc(F)cc2)c2ccccc12)N1CCN(c2ccccc2F)CC1. The number of halogens is 2. The van der Waals surface area contributed by atoms with Crippen molar-refractivity contribution in [3.63, 3.8) is 0 Å². The molecule has 0 radical (unpaired) electrons. The quantitative estimate of drug-likeness (QED) is 0.439. The van der Waals surface area contributed by atoms with Gasteiger partial charge in [0, 0.05) is 49.8 Å². The lowest BCUT2D eigenvalue weighted by molar-refractivity contribution is -0.130. The number of amides is 1. The first-order chi connectivity index (χ1) is 16.1. The van der Waals surface area contributed by atoms with Crippen LogP contribution >= 0.6 is 0 Å². The number of hydrogen-bond acceptors (Lipinski definition) is 2. The lowest BCUT2D eigenvalue weighted by Gasteiger charge is -2.36. The van der Waals surface area contributed by atoms with Crippen LogP contribution in [0, 0.1) is 11.6 Å². The lowest BCUT2D eigenvalue weighted by Crippen LogP contribution is -2.49. The molecule has 4 nitrogen and oxygen atoms in total. The Morgan fingerprint density at radius 1 is 0.818 bits per heavy atom. The zero-order valence-corrected chi connectivity index (χ0v) is 18.3. The van der Waals surface area contributed by atoms with Gasteiger partial charge in [0.1, 0.15) is 11.6 Å². The molecule has 0 aliphatic carbocycles. The third-order valence-corrected chi connectivity index (χ3v) is 6.30. The Balaban J connectivity index is 1.30. The molecule has 3 aromatic carbocycles. The van der Waals surface area contributed by atoms with Crippen LogP contribution in [0.3, 0.4) is 0 Å². The average Bonchev–Trinajstić information content (AvgIpc) is 3.18. The number of carbonyl (C=O) groups is 1. The van der Waals surface area contributed by atoms with Crippen molar-refractivity contribution in [3.05, 3.63) is 102 Å². The second kappa shape index (κ2) is 9.06. The van der Waals surface area contributed by atoms with Crippen molar-refractivity contribution < 1.29 is 13.6 Å². The molecule has 6 heteroatoms. The second-order valence-corrected chi connectivity index (χ2v) is 8.42. The molecule has 4 aromatic rings. The normalized spacial score (nSPS) is 14.1. The van der Waals surface area contributed by atoms with Gasteiger partial charge in [-0.2, -0.15) is 0 Å². The molecule has 0 bridgehead atoms. The van der Waals surface area contributed by atoms with E-state index in [1.165, 1.54) is 18.2 Å². The number of hydrogen-bond donors (Lipinski definition) is 0. The van der Waals surface area contributed by atoms with Gasteiger partial charge in [-0.3, -0.25) is 4.79 Å². The number of para-hydroxylation sites is 2. The molecule has 0 atom stereocenters. The van der Waals surface area contributed by atoms with Crippen LogP contribution in [0.15, 0.2) is 79.0 Å². The number of nitrogens with zero attached hydrogens (tertiary/aromatic N) is 3. The Morgan fingerprint density at radius 3 is 2.27 bits per heavy atom. The minimum Gasteiger partial charge on any atom is -0.366 e. The van der Waals surface area contributed by atoms with Crippen molar-refractivity contribution in [2.45, 2.75) is 13.0 Å². The molecule has 0 N–H and O–H groups in total. The van der Waals surface area contributed by atoms with Gasteiger partial charge < -0.3 is 14.4 Å². The largest absolute Gasteiger partial charge is 0.366 e. The summed E-state index contributed by atoms with van der Waals surface area (Å²) >= 11 is 0. The smallest absolute Gasteiger partial charge is 0.227 e. The van der Waals surface area contributed by atoms with Crippen molar-refractivity contribution in [2.24, 2.45) is 0 Å². The predicted molar refractivity (Wildman–Crippen MR) is 126 cm³/mol. The highest BCUT2D eigenvalue weighted by molar-refractivity contribution is 5.89. The zero-order valence-electron chi connectivity index (χ0n) is 18.3. The van der Waals surface area contributed by atoms with Crippen LogP contribution in [0.1, 0.15) is 11.1 Å². The molecule has 0 spiro atoms. The van der Waals surface area contributed by atoms with Gasteiger partial charge >= 0.3 is 0 Å². The van der Waals surface area contributed by atoms with E-state index in [-0.39, 0.29) is 17.5 Å². The van der Waals surface area contributed by atoms with Crippen LogP contribution in [0.5, 0.6) is 0 Å². The Bertz CT molecular complexity index is 1270. The maximum atomic E-state index is 14.1. The first kappa shape index (κ1) is 21.2. The van der Waals surface area contributed by atoms with E-state index in [1.807, 2.05) is 46.3 Å². The Kier molecular flexibility index (Phi) is 5.82. The van der Waals surface area contributed by atoms with Crippen LogP contribution in [0.2, 0.25) is 0 Å². The highest BCUT2D eigenvalue weighted by Gasteiger charge is 2.23. The van der Waals surface area contributed by atoms with Crippen molar-refractivity contribution >= 4 is 22.5 Å². The molecule has 1 aromatic heterocycles. The van der Waals surface area contributed by atoms with Crippen LogP contribution in [-0.4, -0.2) is 41.6 Å². The number of aromatic nitrogens is 1. The summed E-state index contributed by atoms with van der Waals surface area (Å²) in [4.78, 5) is 17.0. The second-order valence-electron chi connectivity index (χ2n) is 8.42. The summed E-state index contributed by atoms with van der Waals surface area (Å²) in [7, 11) is 0. The molecule has 1 fully saturated rings. The molecule has 1 saturated heterocycles. The van der Waals surface area contributed by atoms with Crippen LogP contribution in [-0.2, 0) is 17.8 Å². The molecule has 0 saturated carbocycles. The fraction of sp³-hybridized carbons (Fsp3) is 0.222. The van der Waals surface area contributed by atoms with Gasteiger partial charge in [-0.05, 0) is 41.5 Å². The van der Waals surface area contributed by atoms with Gasteiger partial charge in [0.25, 0.3) is 0 Å². The number of anilines is 1. The first-order valence-electron chi connectivity index (χ1n) is 11.2. The molecular weight excluding hydrogens is 420 g/mol. The third-order valence-electron chi connectivity index (χ3n) is 6.30. The third kappa shape index (κ3) is 4.46. The molecule has 2 heterocycles. The van der Waals surface area contributed by atoms with Crippen molar-refractivity contribution in [1.82, 2.24) is 9.47 Å². The molecule has 33 heavy (non-hydrogen) atoms. The molecule has 0 unspecified atom stereocenters. The predicted octanol–water partition coefficient (Wildman–Crippen LogP) is 4.86. The van der Waals surface area contributed by atoms with Gasteiger partial charge in [-0.15, -0.1) is 0 Å². The number of fused-ring (bicyclic) bond motifs is 1. The standard InChI is InChI=1S/C27H25F2N3O/c28-22-11-9-20(10-12-22)18-32-19-21(23-5-1-3-7-25(23)32)17-27(33)31-15-13-30(14-16-31)26-8-4-2-6-24(26)29/h1-12,19H,13-18H2. The van der Waals surface area contributed by atoms with E-state index in [4.69, 9.17) is 0 Å². The van der Waals surface area contributed by atoms with E-state index in [1.54, 1.807) is 24.3 Å². The molecule has 5 rings (SSSR count). The summed E-state index contributed by atoms with van der Waals surface area (Å²) in [6.45, 7) is 2.97. The molecule has 168 valence electrons. The van der Waals surface area contributed by atoms with Crippen molar-refractivity contribution in [2.75, 3.05) is 31.1 Å². The number of rotatable bonds is 5. The zero-order chi connectivity index (χ0) is 22.8. The average molecular weight is 446 g/mol. The summed E-state index contributed by atoms with van der Waals surface area (Å²) in [5.74, 6) is -0.406. The van der Waals surface area contributed by atoms with E-state index in [0.29, 0.717) is 44.8 Å². The molecule has 1 aliphatic rings. The summed E-state index contributed by atoms with van der Waals surface area (Å²) in [5, 5.41) is 1.05. The number of benzene rings is 3. The summed E-state index contributed by atoms with van der Waals surface area (Å²) < 4.78 is 29.5. The minimum absolute atomic E-state index is 0.0767. The summed E-state index contributed by atoms with van der Waals surface area (Å²) in [6.07, 6.45) is 2.35. The maximum Gasteiger partial charge on any atom is 0.227 e. The Hall–Kier alpha value is -3.67. The Morgan fingerprint density at radius 2 is 1.52 bits per heavy atom. The van der Waals surface area contributed by atoms with Crippen molar-refractivity contribution in [3.8, 4) is 0 Å².